The molecule has 1 aromatic carbocycles. The molecule has 4 heteroatoms. The van der Waals surface area contributed by atoms with Crippen LogP contribution in [-0.2, 0) is 12.8 Å². The van der Waals surface area contributed by atoms with E-state index in [1.807, 2.05) is 0 Å². The van der Waals surface area contributed by atoms with Gasteiger partial charge in [-0.25, -0.2) is 0 Å². The summed E-state index contributed by atoms with van der Waals surface area (Å²) in [5, 5.41) is 0. The molecule has 3 rings (SSSR count). The topological polar surface area (TPSA) is 41.6 Å². The van der Waals surface area contributed by atoms with Crippen molar-refractivity contribution in [3.05, 3.63) is 35.4 Å². The molecular formula is C17H26IN3. The van der Waals surface area contributed by atoms with Gasteiger partial charge in [-0.05, 0) is 48.6 Å². The molecule has 2 aliphatic rings. The lowest BCUT2D eigenvalue weighted by atomic mass is 9.87. The monoisotopic (exact) mass is 399 g/mol. The van der Waals surface area contributed by atoms with Crippen molar-refractivity contribution in [2.45, 2.75) is 39.0 Å². The zero-order valence-electron chi connectivity index (χ0n) is 12.8. The van der Waals surface area contributed by atoms with Crippen LogP contribution in [0.4, 0.5) is 0 Å². The number of nitrogens with two attached hydrogens (primary N) is 1. The smallest absolute Gasteiger partial charge is 0.191 e. The van der Waals surface area contributed by atoms with E-state index in [9.17, 15) is 0 Å². The van der Waals surface area contributed by atoms with E-state index in [1.165, 1.54) is 30.4 Å². The molecule has 0 aromatic heterocycles. The maximum absolute atomic E-state index is 6.17. The van der Waals surface area contributed by atoms with E-state index in [0.717, 1.165) is 38.4 Å². The Balaban J connectivity index is 0.00000161. The van der Waals surface area contributed by atoms with Gasteiger partial charge in [-0.15, -0.1) is 24.0 Å². The van der Waals surface area contributed by atoms with Gasteiger partial charge in [0.1, 0.15) is 0 Å². The first-order valence-corrected chi connectivity index (χ1v) is 7.78. The molecule has 1 heterocycles. The first-order chi connectivity index (χ1) is 9.66. The average molecular weight is 399 g/mol. The minimum atomic E-state index is 0. The molecule has 0 spiro atoms. The number of benzene rings is 1. The van der Waals surface area contributed by atoms with Crippen molar-refractivity contribution in [3.63, 3.8) is 0 Å². The molecule has 0 saturated carbocycles. The summed E-state index contributed by atoms with van der Waals surface area (Å²) in [6, 6.07) is 8.77. The van der Waals surface area contributed by atoms with Gasteiger partial charge in [-0.1, -0.05) is 31.2 Å². The van der Waals surface area contributed by atoms with E-state index < -0.39 is 0 Å². The highest BCUT2D eigenvalue weighted by Gasteiger charge is 2.32. The SMILES string of the molecule is CC1(CN=C(N)N2CCCCC2)Cc2ccccc2C1.I. The first kappa shape index (κ1) is 16.6. The molecule has 1 saturated heterocycles. The summed E-state index contributed by atoms with van der Waals surface area (Å²) in [4.78, 5) is 6.95. The highest BCUT2D eigenvalue weighted by atomic mass is 127. The molecule has 3 nitrogen and oxygen atoms in total. The van der Waals surface area contributed by atoms with Crippen molar-refractivity contribution in [1.29, 1.82) is 0 Å². The standard InChI is InChI=1S/C17H25N3.HI/c1-17(11-14-7-3-4-8-15(14)12-17)13-19-16(18)20-9-5-2-6-10-20;/h3-4,7-8H,2,5-6,9-13H2,1H3,(H2,18,19);1H. The fourth-order valence-electron chi connectivity index (χ4n) is 3.49. The summed E-state index contributed by atoms with van der Waals surface area (Å²) in [6.45, 7) is 5.32. The number of fused-ring (bicyclic) bond motifs is 1. The Morgan fingerprint density at radius 2 is 1.71 bits per heavy atom. The molecule has 1 fully saturated rings. The predicted octanol–water partition coefficient (Wildman–Crippen LogP) is 3.21. The van der Waals surface area contributed by atoms with Gasteiger partial charge in [-0.2, -0.15) is 0 Å². The Morgan fingerprint density at radius 1 is 1.14 bits per heavy atom. The summed E-state index contributed by atoms with van der Waals surface area (Å²) >= 11 is 0. The lowest BCUT2D eigenvalue weighted by Gasteiger charge is -2.29. The largest absolute Gasteiger partial charge is 0.370 e. The zero-order valence-corrected chi connectivity index (χ0v) is 15.2. The van der Waals surface area contributed by atoms with Gasteiger partial charge >= 0.3 is 0 Å². The molecule has 0 unspecified atom stereocenters. The highest BCUT2D eigenvalue weighted by Crippen LogP contribution is 2.36. The van der Waals surface area contributed by atoms with Crippen LogP contribution in [0.2, 0.25) is 0 Å². The van der Waals surface area contributed by atoms with Crippen molar-refractivity contribution in [1.82, 2.24) is 4.90 Å². The lowest BCUT2D eigenvalue weighted by Crippen LogP contribution is -2.41. The van der Waals surface area contributed by atoms with E-state index in [1.54, 1.807) is 0 Å². The van der Waals surface area contributed by atoms with Crippen LogP contribution in [0, 0.1) is 5.41 Å². The molecule has 2 N–H and O–H groups in total. The number of rotatable bonds is 2. The van der Waals surface area contributed by atoms with Crippen LogP contribution in [0.1, 0.15) is 37.3 Å². The fourth-order valence-corrected chi connectivity index (χ4v) is 3.49. The average Bonchev–Trinajstić information content (AvgIpc) is 2.82. The number of nitrogens with zero attached hydrogens (tertiary/aromatic N) is 2. The van der Waals surface area contributed by atoms with Gasteiger partial charge < -0.3 is 10.6 Å². The molecule has 21 heavy (non-hydrogen) atoms. The predicted molar refractivity (Wildman–Crippen MR) is 99.3 cm³/mol. The summed E-state index contributed by atoms with van der Waals surface area (Å²) < 4.78 is 0. The van der Waals surface area contributed by atoms with Gasteiger partial charge in [-0.3, -0.25) is 4.99 Å². The van der Waals surface area contributed by atoms with Gasteiger partial charge in [0.2, 0.25) is 0 Å². The maximum Gasteiger partial charge on any atom is 0.191 e. The van der Waals surface area contributed by atoms with Crippen molar-refractivity contribution in [2.24, 2.45) is 16.1 Å². The molecule has 0 bridgehead atoms. The minimum absolute atomic E-state index is 0. The van der Waals surface area contributed by atoms with Crippen molar-refractivity contribution in [3.8, 4) is 0 Å². The second-order valence-corrected chi connectivity index (χ2v) is 6.66. The van der Waals surface area contributed by atoms with Crippen molar-refractivity contribution >= 4 is 29.9 Å². The van der Waals surface area contributed by atoms with Crippen LogP contribution >= 0.6 is 24.0 Å². The van der Waals surface area contributed by atoms with Gasteiger partial charge in [0, 0.05) is 19.6 Å². The van der Waals surface area contributed by atoms with Crippen molar-refractivity contribution in [2.75, 3.05) is 19.6 Å². The van der Waals surface area contributed by atoms with Crippen LogP contribution in [-0.4, -0.2) is 30.5 Å². The van der Waals surface area contributed by atoms with Gasteiger partial charge in [0.05, 0.1) is 0 Å². The molecule has 1 aliphatic carbocycles. The van der Waals surface area contributed by atoms with Crippen LogP contribution < -0.4 is 5.73 Å². The third-order valence-electron chi connectivity index (χ3n) is 4.66. The van der Waals surface area contributed by atoms with E-state index >= 15 is 0 Å². The number of aliphatic imine (C=N–C) groups is 1. The quantitative estimate of drug-likeness (QED) is 0.472. The second kappa shape index (κ2) is 6.99. The normalized spacial score (nSPS) is 20.8. The molecule has 1 aliphatic heterocycles. The molecule has 0 radical (unpaired) electrons. The van der Waals surface area contributed by atoms with E-state index in [4.69, 9.17) is 10.7 Å². The third kappa shape index (κ3) is 3.90. The van der Waals surface area contributed by atoms with Crippen molar-refractivity contribution < 1.29 is 0 Å². The van der Waals surface area contributed by atoms with E-state index in [0.29, 0.717) is 0 Å². The summed E-state index contributed by atoms with van der Waals surface area (Å²) in [5.41, 5.74) is 9.38. The molecule has 1 aromatic rings. The zero-order chi connectivity index (χ0) is 14.0. The summed E-state index contributed by atoms with van der Waals surface area (Å²) in [7, 11) is 0. The van der Waals surface area contributed by atoms with E-state index in [-0.39, 0.29) is 29.4 Å². The molecule has 0 amide bonds. The highest BCUT2D eigenvalue weighted by molar-refractivity contribution is 14.0. The fraction of sp³-hybridized carbons (Fsp3) is 0.588. The Bertz CT molecular complexity index is 482. The molecule has 0 atom stereocenters. The second-order valence-electron chi connectivity index (χ2n) is 6.66. The Morgan fingerprint density at radius 3 is 2.29 bits per heavy atom. The van der Waals surface area contributed by atoms with E-state index in [2.05, 4.69) is 36.1 Å². The van der Waals surface area contributed by atoms with Crippen LogP contribution in [0.25, 0.3) is 0 Å². The number of piperidine rings is 1. The summed E-state index contributed by atoms with van der Waals surface area (Å²) in [6.07, 6.45) is 6.08. The van der Waals surface area contributed by atoms with Gasteiger partial charge in [0.15, 0.2) is 5.96 Å². The Labute approximate surface area is 145 Å². The van der Waals surface area contributed by atoms with Crippen LogP contribution in [0.3, 0.4) is 0 Å². The number of likely N-dealkylation sites (tertiary alicyclic amines) is 1. The third-order valence-corrected chi connectivity index (χ3v) is 4.66. The number of hydrogen-bond donors (Lipinski definition) is 1. The van der Waals surface area contributed by atoms with Gasteiger partial charge in [0.25, 0.3) is 0 Å². The maximum atomic E-state index is 6.17. The Kier molecular flexibility index (Phi) is 5.52. The number of hydrogen-bond acceptors (Lipinski definition) is 1. The number of halogens is 1. The van der Waals surface area contributed by atoms with Crippen LogP contribution in [0.5, 0.6) is 0 Å². The lowest BCUT2D eigenvalue weighted by molar-refractivity contribution is 0.328. The molecular weight excluding hydrogens is 373 g/mol. The molecule has 116 valence electrons. The first-order valence-electron chi connectivity index (χ1n) is 7.78. The Hall–Kier alpha value is -0.780. The number of guanidine groups is 1. The minimum Gasteiger partial charge on any atom is -0.370 e. The summed E-state index contributed by atoms with van der Waals surface area (Å²) in [5.74, 6) is 0.752. The van der Waals surface area contributed by atoms with Crippen LogP contribution in [0.15, 0.2) is 29.3 Å².